The molecule has 0 saturated carbocycles. The SMILES string of the molecule is CC(C)(C)OC(=O)NCC(=Cc1cc(Cl)ccc1C(F)(F)F)B1OC(C)(C)C(C)(C)O1. The van der Waals surface area contributed by atoms with Crippen LogP contribution in [0.4, 0.5) is 18.0 Å². The van der Waals surface area contributed by atoms with E-state index >= 15 is 0 Å². The highest BCUT2D eigenvalue weighted by Crippen LogP contribution is 2.40. The third-order valence-electron chi connectivity index (χ3n) is 5.05. The minimum Gasteiger partial charge on any atom is -0.444 e. The molecule has 1 fully saturated rings. The van der Waals surface area contributed by atoms with Crippen LogP contribution in [0, 0.1) is 0 Å². The third kappa shape index (κ3) is 6.64. The highest BCUT2D eigenvalue weighted by Gasteiger charge is 2.52. The molecule has 0 aromatic heterocycles. The molecule has 1 aromatic carbocycles. The molecule has 1 aliphatic heterocycles. The van der Waals surface area contributed by atoms with Crippen LogP contribution in [0.5, 0.6) is 0 Å². The molecular weight excluding hydrogens is 433 g/mol. The second-order valence-corrected chi connectivity index (χ2v) is 9.83. The second-order valence-electron chi connectivity index (χ2n) is 9.39. The Labute approximate surface area is 186 Å². The summed E-state index contributed by atoms with van der Waals surface area (Å²) in [5.41, 5.74) is -2.89. The lowest BCUT2D eigenvalue weighted by atomic mass is 9.76. The van der Waals surface area contributed by atoms with Gasteiger partial charge in [-0.2, -0.15) is 13.2 Å². The molecule has 5 nitrogen and oxygen atoms in total. The Morgan fingerprint density at radius 1 is 1.16 bits per heavy atom. The van der Waals surface area contributed by atoms with Crippen LogP contribution in [0.15, 0.2) is 23.7 Å². The van der Waals surface area contributed by atoms with Gasteiger partial charge in [0.1, 0.15) is 5.60 Å². The Bertz CT molecular complexity index is 847. The minimum absolute atomic E-state index is 0.143. The summed E-state index contributed by atoms with van der Waals surface area (Å²) in [6, 6.07) is 3.30. The van der Waals surface area contributed by atoms with E-state index in [1.54, 1.807) is 20.8 Å². The van der Waals surface area contributed by atoms with E-state index in [9.17, 15) is 18.0 Å². The molecule has 1 N–H and O–H groups in total. The lowest BCUT2D eigenvalue weighted by molar-refractivity contribution is -0.137. The summed E-state index contributed by atoms with van der Waals surface area (Å²) >= 11 is 5.95. The van der Waals surface area contributed by atoms with Crippen LogP contribution in [0.3, 0.4) is 0 Å². The van der Waals surface area contributed by atoms with Crippen LogP contribution in [-0.2, 0) is 20.2 Å². The number of hydrogen-bond acceptors (Lipinski definition) is 4. The summed E-state index contributed by atoms with van der Waals surface area (Å²) in [7, 11) is -0.972. The summed E-state index contributed by atoms with van der Waals surface area (Å²) in [5.74, 6) is 0. The summed E-state index contributed by atoms with van der Waals surface area (Å²) in [4.78, 5) is 12.1. The molecule has 1 amide bonds. The molecule has 0 atom stereocenters. The largest absolute Gasteiger partial charge is 0.492 e. The van der Waals surface area contributed by atoms with Gasteiger partial charge in [0.25, 0.3) is 0 Å². The molecular formula is C21H28BClF3NO4. The van der Waals surface area contributed by atoms with Crippen LogP contribution in [0.1, 0.15) is 59.6 Å². The van der Waals surface area contributed by atoms with Crippen LogP contribution < -0.4 is 5.32 Å². The molecule has 0 radical (unpaired) electrons. The number of rotatable bonds is 4. The summed E-state index contributed by atoms with van der Waals surface area (Å²) < 4.78 is 57.8. The summed E-state index contributed by atoms with van der Waals surface area (Å²) in [6.07, 6.45) is -4.01. The maximum absolute atomic E-state index is 13.5. The normalized spacial score (nSPS) is 18.8. The van der Waals surface area contributed by atoms with Gasteiger partial charge >= 0.3 is 19.4 Å². The van der Waals surface area contributed by atoms with Crippen molar-refractivity contribution < 1.29 is 32.0 Å². The Morgan fingerprint density at radius 2 is 1.71 bits per heavy atom. The second kappa shape index (κ2) is 8.67. The molecule has 0 spiro atoms. The highest BCUT2D eigenvalue weighted by atomic mass is 35.5. The molecule has 1 aliphatic rings. The van der Waals surface area contributed by atoms with Crippen molar-refractivity contribution in [2.24, 2.45) is 0 Å². The average Bonchev–Trinajstić information content (AvgIpc) is 2.76. The first-order valence-electron chi connectivity index (χ1n) is 9.81. The number of hydrogen-bond donors (Lipinski definition) is 1. The molecule has 0 unspecified atom stereocenters. The van der Waals surface area contributed by atoms with Gasteiger partial charge in [-0.1, -0.05) is 17.7 Å². The van der Waals surface area contributed by atoms with Gasteiger partial charge in [0.05, 0.1) is 16.8 Å². The highest BCUT2D eigenvalue weighted by molar-refractivity contribution is 6.56. The molecule has 10 heteroatoms. The molecule has 172 valence electrons. The zero-order valence-corrected chi connectivity index (χ0v) is 19.5. The first-order valence-corrected chi connectivity index (χ1v) is 10.2. The standard InChI is InChI=1S/C21H28BClF3NO4/c1-18(2,3)29-17(28)27-12-14(22-30-19(4,5)20(6,7)31-22)10-13-11-15(23)8-9-16(13)21(24,25)26/h8-11H,12H2,1-7H3,(H,27,28). The maximum Gasteiger partial charge on any atom is 0.492 e. The Balaban J connectivity index is 2.44. The molecule has 1 saturated heterocycles. The van der Waals surface area contributed by atoms with E-state index in [1.165, 1.54) is 18.2 Å². The van der Waals surface area contributed by atoms with Crippen molar-refractivity contribution in [3.05, 3.63) is 39.8 Å². The van der Waals surface area contributed by atoms with Gasteiger partial charge in [0.2, 0.25) is 0 Å². The molecule has 1 heterocycles. The van der Waals surface area contributed by atoms with Gasteiger partial charge in [-0.25, -0.2) is 4.79 Å². The first kappa shape index (κ1) is 25.6. The number of nitrogens with one attached hydrogen (secondary N) is 1. The van der Waals surface area contributed by atoms with Crippen LogP contribution in [0.2, 0.25) is 5.02 Å². The molecule has 0 bridgehead atoms. The Morgan fingerprint density at radius 3 is 2.19 bits per heavy atom. The lowest BCUT2D eigenvalue weighted by Gasteiger charge is -2.32. The van der Waals surface area contributed by atoms with E-state index in [2.05, 4.69) is 5.32 Å². The zero-order valence-electron chi connectivity index (χ0n) is 18.7. The summed E-state index contributed by atoms with van der Waals surface area (Å²) in [6.45, 7) is 12.3. The number of halogens is 4. The smallest absolute Gasteiger partial charge is 0.444 e. The predicted octanol–water partition coefficient (Wildman–Crippen LogP) is 5.90. The molecule has 31 heavy (non-hydrogen) atoms. The van der Waals surface area contributed by atoms with Crippen molar-refractivity contribution in [3.63, 3.8) is 0 Å². The number of alkyl carbamates (subject to hydrolysis) is 1. The van der Waals surface area contributed by atoms with E-state index in [1.807, 2.05) is 27.7 Å². The van der Waals surface area contributed by atoms with Gasteiger partial charge in [0, 0.05) is 11.6 Å². The van der Waals surface area contributed by atoms with Crippen molar-refractivity contribution in [1.29, 1.82) is 0 Å². The number of amides is 1. The van der Waals surface area contributed by atoms with E-state index in [0.29, 0.717) is 0 Å². The number of alkyl halides is 3. The molecule has 2 rings (SSSR count). The van der Waals surface area contributed by atoms with Crippen LogP contribution in [-0.4, -0.2) is 36.6 Å². The monoisotopic (exact) mass is 461 g/mol. The van der Waals surface area contributed by atoms with Crippen molar-refractivity contribution in [2.45, 2.75) is 71.4 Å². The lowest BCUT2D eigenvalue weighted by Crippen LogP contribution is -2.41. The van der Waals surface area contributed by atoms with Gasteiger partial charge in [0.15, 0.2) is 0 Å². The number of carbonyl (C=O) groups is 1. The van der Waals surface area contributed by atoms with Crippen molar-refractivity contribution in [1.82, 2.24) is 5.32 Å². The fourth-order valence-corrected chi connectivity index (χ4v) is 2.98. The third-order valence-corrected chi connectivity index (χ3v) is 5.29. The number of benzene rings is 1. The van der Waals surface area contributed by atoms with Gasteiger partial charge in [-0.15, -0.1) is 0 Å². The van der Waals surface area contributed by atoms with Gasteiger partial charge in [-0.05, 0) is 77.7 Å². The van der Waals surface area contributed by atoms with E-state index in [4.69, 9.17) is 25.6 Å². The average molecular weight is 462 g/mol. The number of carbonyl (C=O) groups excluding carboxylic acids is 1. The van der Waals surface area contributed by atoms with Crippen molar-refractivity contribution >= 4 is 30.9 Å². The van der Waals surface area contributed by atoms with Crippen molar-refractivity contribution in [3.8, 4) is 0 Å². The Hall–Kier alpha value is -1.71. The van der Waals surface area contributed by atoms with E-state index < -0.39 is 41.8 Å². The fourth-order valence-electron chi connectivity index (χ4n) is 2.80. The van der Waals surface area contributed by atoms with Crippen molar-refractivity contribution in [2.75, 3.05) is 6.54 Å². The molecule has 0 aliphatic carbocycles. The maximum atomic E-state index is 13.5. The van der Waals surface area contributed by atoms with E-state index in [-0.39, 0.29) is 22.6 Å². The first-order chi connectivity index (χ1) is 13.9. The predicted molar refractivity (Wildman–Crippen MR) is 115 cm³/mol. The summed E-state index contributed by atoms with van der Waals surface area (Å²) in [5, 5.41) is 2.71. The Kier molecular flexibility index (Phi) is 7.15. The zero-order chi connectivity index (χ0) is 23.8. The van der Waals surface area contributed by atoms with Gasteiger partial charge < -0.3 is 19.4 Å². The van der Waals surface area contributed by atoms with Crippen LogP contribution in [0.25, 0.3) is 6.08 Å². The minimum atomic E-state index is -4.59. The number of ether oxygens (including phenoxy) is 1. The van der Waals surface area contributed by atoms with E-state index in [0.717, 1.165) is 6.07 Å². The van der Waals surface area contributed by atoms with Gasteiger partial charge in [-0.3, -0.25) is 0 Å². The van der Waals surface area contributed by atoms with Crippen LogP contribution >= 0.6 is 11.6 Å². The quantitative estimate of drug-likeness (QED) is 0.567. The topological polar surface area (TPSA) is 56.8 Å². The fraction of sp³-hybridized carbons (Fsp3) is 0.571. The molecule has 1 aromatic rings.